The Balaban J connectivity index is 1.90. The number of anilines is 1. The number of benzene rings is 1. The molecule has 0 radical (unpaired) electrons. The predicted octanol–water partition coefficient (Wildman–Crippen LogP) is 3.03. The van der Waals surface area contributed by atoms with Crippen LogP contribution in [0.15, 0.2) is 24.3 Å². The van der Waals surface area contributed by atoms with Crippen molar-refractivity contribution in [3.8, 4) is 0 Å². The van der Waals surface area contributed by atoms with Crippen molar-refractivity contribution in [1.29, 1.82) is 0 Å². The van der Waals surface area contributed by atoms with E-state index in [4.69, 9.17) is 4.74 Å². The summed E-state index contributed by atoms with van der Waals surface area (Å²) in [5, 5.41) is 3.46. The van der Waals surface area contributed by atoms with E-state index < -0.39 is 0 Å². The Morgan fingerprint density at radius 1 is 1.44 bits per heavy atom. The lowest BCUT2D eigenvalue weighted by Gasteiger charge is -2.14. The van der Waals surface area contributed by atoms with Crippen molar-refractivity contribution in [2.24, 2.45) is 11.8 Å². The molecule has 3 heteroatoms. The number of carbonyl (C=O) groups excluding carboxylic acids is 1. The van der Waals surface area contributed by atoms with Crippen LogP contribution in [0.2, 0.25) is 0 Å². The summed E-state index contributed by atoms with van der Waals surface area (Å²) in [6.07, 6.45) is 0.948. The van der Waals surface area contributed by atoms with Crippen molar-refractivity contribution in [2.45, 2.75) is 26.2 Å². The van der Waals surface area contributed by atoms with Gasteiger partial charge in [-0.05, 0) is 29.9 Å². The number of hydrogen-bond acceptors (Lipinski definition) is 3. The third-order valence-electron chi connectivity index (χ3n) is 3.56. The molecule has 0 bridgehead atoms. The number of para-hydroxylation sites is 1. The summed E-state index contributed by atoms with van der Waals surface area (Å²) in [7, 11) is 1.46. The van der Waals surface area contributed by atoms with Crippen molar-refractivity contribution in [2.75, 3.05) is 19.0 Å². The second-order valence-corrected chi connectivity index (χ2v) is 5.25. The van der Waals surface area contributed by atoms with Gasteiger partial charge >= 0.3 is 5.97 Å². The Morgan fingerprint density at radius 2 is 2.17 bits per heavy atom. The molecule has 0 saturated heterocycles. The highest BCUT2D eigenvalue weighted by Crippen LogP contribution is 2.39. The van der Waals surface area contributed by atoms with Crippen molar-refractivity contribution in [3.63, 3.8) is 0 Å². The van der Waals surface area contributed by atoms with E-state index in [1.807, 2.05) is 6.07 Å². The van der Waals surface area contributed by atoms with E-state index in [2.05, 4.69) is 37.4 Å². The van der Waals surface area contributed by atoms with Gasteiger partial charge in [0.15, 0.2) is 0 Å². The lowest BCUT2D eigenvalue weighted by molar-refractivity contribution is -0.142. The molecule has 98 valence electrons. The van der Waals surface area contributed by atoms with Gasteiger partial charge in [-0.25, -0.2) is 0 Å². The molecule has 1 saturated carbocycles. The number of carbonyl (C=O) groups is 1. The summed E-state index contributed by atoms with van der Waals surface area (Å²) in [4.78, 5) is 11.3. The summed E-state index contributed by atoms with van der Waals surface area (Å²) < 4.78 is 4.75. The number of hydrogen-bond donors (Lipinski definition) is 1. The number of nitrogens with one attached hydrogen (secondary N) is 1. The Bertz CT molecular complexity index is 428. The van der Waals surface area contributed by atoms with Crippen LogP contribution >= 0.6 is 0 Å². The molecule has 0 heterocycles. The molecule has 1 aliphatic carbocycles. The lowest BCUT2D eigenvalue weighted by Crippen LogP contribution is -2.11. The molecule has 0 amide bonds. The molecule has 2 atom stereocenters. The fourth-order valence-corrected chi connectivity index (χ4v) is 2.32. The van der Waals surface area contributed by atoms with Gasteiger partial charge < -0.3 is 10.1 Å². The minimum absolute atomic E-state index is 0.0704. The summed E-state index contributed by atoms with van der Waals surface area (Å²) in [5.74, 6) is 0.967. The summed E-state index contributed by atoms with van der Waals surface area (Å²) in [5.41, 5.74) is 2.51. The molecule has 1 aromatic carbocycles. The number of esters is 1. The Kier molecular flexibility index (Phi) is 3.90. The van der Waals surface area contributed by atoms with Gasteiger partial charge in [0.1, 0.15) is 0 Å². The van der Waals surface area contributed by atoms with E-state index in [-0.39, 0.29) is 11.9 Å². The van der Waals surface area contributed by atoms with E-state index >= 15 is 0 Å². The van der Waals surface area contributed by atoms with Crippen LogP contribution in [0.25, 0.3) is 0 Å². The number of methoxy groups -OCH3 is 1. The minimum Gasteiger partial charge on any atom is -0.469 e. The molecule has 0 aromatic heterocycles. The summed E-state index contributed by atoms with van der Waals surface area (Å²) >= 11 is 0. The number of ether oxygens (including phenoxy) is 1. The maximum absolute atomic E-state index is 11.3. The smallest absolute Gasteiger partial charge is 0.309 e. The fraction of sp³-hybridized carbons (Fsp3) is 0.533. The van der Waals surface area contributed by atoms with Gasteiger partial charge in [-0.1, -0.05) is 32.0 Å². The highest BCUT2D eigenvalue weighted by Gasteiger charge is 2.43. The molecule has 1 aromatic rings. The zero-order valence-electron chi connectivity index (χ0n) is 11.3. The van der Waals surface area contributed by atoms with Gasteiger partial charge in [-0.2, -0.15) is 0 Å². The van der Waals surface area contributed by atoms with Crippen molar-refractivity contribution in [3.05, 3.63) is 29.8 Å². The van der Waals surface area contributed by atoms with E-state index in [9.17, 15) is 4.79 Å². The van der Waals surface area contributed by atoms with E-state index in [1.54, 1.807) is 0 Å². The molecule has 0 spiro atoms. The van der Waals surface area contributed by atoms with Gasteiger partial charge in [-0.3, -0.25) is 4.79 Å². The van der Waals surface area contributed by atoms with E-state index in [0.29, 0.717) is 11.8 Å². The number of rotatable bonds is 5. The van der Waals surface area contributed by atoms with Crippen LogP contribution in [-0.4, -0.2) is 19.6 Å². The first-order valence-corrected chi connectivity index (χ1v) is 6.54. The van der Waals surface area contributed by atoms with Crippen molar-refractivity contribution >= 4 is 11.7 Å². The van der Waals surface area contributed by atoms with Crippen LogP contribution in [-0.2, 0) is 9.53 Å². The molecular formula is C15H21NO2. The first kappa shape index (κ1) is 12.9. The first-order valence-electron chi connectivity index (χ1n) is 6.54. The topological polar surface area (TPSA) is 38.3 Å². The molecule has 1 fully saturated rings. The van der Waals surface area contributed by atoms with Crippen LogP contribution in [0.3, 0.4) is 0 Å². The van der Waals surface area contributed by atoms with Gasteiger partial charge in [0, 0.05) is 12.2 Å². The normalized spacial score (nSPS) is 21.8. The predicted molar refractivity (Wildman–Crippen MR) is 72.6 cm³/mol. The molecule has 18 heavy (non-hydrogen) atoms. The second kappa shape index (κ2) is 5.42. The third-order valence-corrected chi connectivity index (χ3v) is 3.56. The Morgan fingerprint density at radius 3 is 2.83 bits per heavy atom. The average molecular weight is 247 g/mol. The maximum Gasteiger partial charge on any atom is 0.309 e. The monoisotopic (exact) mass is 247 g/mol. The minimum atomic E-state index is -0.0704. The first-order chi connectivity index (χ1) is 8.63. The molecule has 0 aliphatic heterocycles. The van der Waals surface area contributed by atoms with Gasteiger partial charge in [-0.15, -0.1) is 0 Å². The highest BCUT2D eigenvalue weighted by molar-refractivity contribution is 5.75. The summed E-state index contributed by atoms with van der Waals surface area (Å²) in [6.45, 7) is 5.23. The molecule has 1 aliphatic rings. The quantitative estimate of drug-likeness (QED) is 0.813. The third kappa shape index (κ3) is 2.84. The second-order valence-electron chi connectivity index (χ2n) is 5.25. The Labute approximate surface area is 109 Å². The SMILES string of the molecule is COC(=O)[C@@H]1C[C@H]1CNc1ccccc1C(C)C. The Hall–Kier alpha value is -1.51. The molecule has 2 rings (SSSR count). The van der Waals surface area contributed by atoms with Gasteiger partial charge in [0.2, 0.25) is 0 Å². The van der Waals surface area contributed by atoms with Crippen LogP contribution < -0.4 is 5.32 Å². The molecular weight excluding hydrogens is 226 g/mol. The molecule has 0 unspecified atom stereocenters. The molecule has 3 nitrogen and oxygen atoms in total. The van der Waals surface area contributed by atoms with Crippen LogP contribution in [0.4, 0.5) is 5.69 Å². The maximum atomic E-state index is 11.3. The van der Waals surface area contributed by atoms with Gasteiger partial charge in [0.25, 0.3) is 0 Å². The highest BCUT2D eigenvalue weighted by atomic mass is 16.5. The average Bonchev–Trinajstić information content (AvgIpc) is 3.15. The van der Waals surface area contributed by atoms with Crippen LogP contribution in [0.1, 0.15) is 31.7 Å². The zero-order valence-corrected chi connectivity index (χ0v) is 11.3. The zero-order chi connectivity index (χ0) is 13.1. The van der Waals surface area contributed by atoms with Crippen molar-refractivity contribution in [1.82, 2.24) is 0 Å². The van der Waals surface area contributed by atoms with Crippen LogP contribution in [0.5, 0.6) is 0 Å². The standard InChI is InChI=1S/C15H21NO2/c1-10(2)12-6-4-5-7-14(12)16-9-11-8-13(11)15(17)18-3/h4-7,10-11,13,16H,8-9H2,1-3H3/t11-,13+/m0/s1. The molecule has 1 N–H and O–H groups in total. The summed E-state index contributed by atoms with van der Waals surface area (Å²) in [6, 6.07) is 8.36. The van der Waals surface area contributed by atoms with Gasteiger partial charge in [0.05, 0.1) is 13.0 Å². The van der Waals surface area contributed by atoms with E-state index in [0.717, 1.165) is 13.0 Å². The lowest BCUT2D eigenvalue weighted by atomic mass is 10.0. The van der Waals surface area contributed by atoms with Crippen LogP contribution in [0, 0.1) is 11.8 Å². The van der Waals surface area contributed by atoms with E-state index in [1.165, 1.54) is 18.4 Å². The van der Waals surface area contributed by atoms with Crippen molar-refractivity contribution < 1.29 is 9.53 Å². The largest absolute Gasteiger partial charge is 0.469 e. The fourth-order valence-electron chi connectivity index (χ4n) is 2.32.